The van der Waals surface area contributed by atoms with Crippen LogP contribution in [-0.2, 0) is 14.8 Å². The first kappa shape index (κ1) is 19.0. The summed E-state index contributed by atoms with van der Waals surface area (Å²) in [4.78, 5) is 22.1. The molecule has 0 saturated carbocycles. The van der Waals surface area contributed by atoms with Crippen LogP contribution in [0.15, 0.2) is 57.9 Å². The van der Waals surface area contributed by atoms with E-state index in [-0.39, 0.29) is 10.6 Å². The topological polar surface area (TPSA) is 110 Å². The molecule has 0 bridgehead atoms. The van der Waals surface area contributed by atoms with Gasteiger partial charge in [-0.2, -0.15) is 4.31 Å². The molecule has 0 aliphatic heterocycles. The van der Waals surface area contributed by atoms with E-state index < -0.39 is 27.4 Å². The van der Waals surface area contributed by atoms with E-state index in [0.717, 1.165) is 8.78 Å². The SMILES string of the molecule is CN(CC(=O)Nc1ccc([N+](=O)[O-])cc1)S(=O)(=O)c1ccc(Br)cc1. The molecule has 2 aromatic rings. The van der Waals surface area contributed by atoms with Gasteiger partial charge in [-0.3, -0.25) is 14.9 Å². The van der Waals surface area contributed by atoms with Crippen molar-refractivity contribution in [3.8, 4) is 0 Å². The summed E-state index contributed by atoms with van der Waals surface area (Å²) in [5.74, 6) is -0.558. The molecule has 0 aromatic heterocycles. The Labute approximate surface area is 152 Å². The van der Waals surface area contributed by atoms with Crippen LogP contribution in [0, 0.1) is 10.1 Å². The van der Waals surface area contributed by atoms with Crippen LogP contribution in [0.2, 0.25) is 0 Å². The number of carbonyl (C=O) groups is 1. The summed E-state index contributed by atoms with van der Waals surface area (Å²) < 4.78 is 26.5. The van der Waals surface area contributed by atoms with E-state index in [1.807, 2.05) is 0 Å². The number of hydrogen-bond acceptors (Lipinski definition) is 5. The first-order valence-electron chi connectivity index (χ1n) is 6.96. The Morgan fingerprint density at radius 3 is 2.24 bits per heavy atom. The molecule has 8 nitrogen and oxygen atoms in total. The third-order valence-corrected chi connectivity index (χ3v) is 5.60. The number of nitrogens with zero attached hydrogens (tertiary/aromatic N) is 2. The number of non-ortho nitro benzene ring substituents is 1. The smallest absolute Gasteiger partial charge is 0.269 e. The number of nitrogens with one attached hydrogen (secondary N) is 1. The summed E-state index contributed by atoms with van der Waals surface area (Å²) in [7, 11) is -2.50. The lowest BCUT2D eigenvalue weighted by Gasteiger charge is -2.17. The van der Waals surface area contributed by atoms with Gasteiger partial charge in [0, 0.05) is 29.3 Å². The fourth-order valence-electron chi connectivity index (χ4n) is 1.94. The van der Waals surface area contributed by atoms with Crippen LogP contribution in [0.3, 0.4) is 0 Å². The Morgan fingerprint density at radius 2 is 1.72 bits per heavy atom. The molecule has 1 N–H and O–H groups in total. The fourth-order valence-corrected chi connectivity index (χ4v) is 3.33. The maximum atomic E-state index is 12.4. The monoisotopic (exact) mass is 427 g/mol. The molecule has 1 amide bonds. The van der Waals surface area contributed by atoms with Crippen molar-refractivity contribution in [1.82, 2.24) is 4.31 Å². The van der Waals surface area contributed by atoms with Crippen LogP contribution in [0.1, 0.15) is 0 Å². The summed E-state index contributed by atoms with van der Waals surface area (Å²) >= 11 is 3.23. The third kappa shape index (κ3) is 4.84. The number of benzene rings is 2. The van der Waals surface area contributed by atoms with Crippen molar-refractivity contribution in [1.29, 1.82) is 0 Å². The normalized spacial score (nSPS) is 11.3. The Hall–Kier alpha value is -2.30. The predicted molar refractivity (Wildman–Crippen MR) is 95.7 cm³/mol. The van der Waals surface area contributed by atoms with Crippen LogP contribution < -0.4 is 5.32 Å². The van der Waals surface area contributed by atoms with Crippen molar-refractivity contribution >= 4 is 43.2 Å². The summed E-state index contributed by atoms with van der Waals surface area (Å²) in [6.45, 7) is -0.393. The zero-order valence-electron chi connectivity index (χ0n) is 13.0. The predicted octanol–water partition coefficient (Wildman–Crippen LogP) is 2.62. The number of carbonyl (C=O) groups excluding carboxylic acids is 1. The van der Waals surface area contributed by atoms with Gasteiger partial charge in [0.1, 0.15) is 0 Å². The van der Waals surface area contributed by atoms with Gasteiger partial charge in [0.2, 0.25) is 15.9 Å². The minimum Gasteiger partial charge on any atom is -0.325 e. The van der Waals surface area contributed by atoms with E-state index in [1.165, 1.54) is 43.4 Å². The second-order valence-electron chi connectivity index (χ2n) is 5.07. The molecule has 10 heteroatoms. The van der Waals surface area contributed by atoms with Crippen LogP contribution >= 0.6 is 15.9 Å². The van der Waals surface area contributed by atoms with Crippen molar-refractivity contribution in [2.75, 3.05) is 18.9 Å². The molecule has 2 aromatic carbocycles. The van der Waals surface area contributed by atoms with E-state index >= 15 is 0 Å². The molecule has 2 rings (SSSR count). The average Bonchev–Trinajstić information content (AvgIpc) is 2.55. The molecule has 0 atom stereocenters. The highest BCUT2D eigenvalue weighted by atomic mass is 79.9. The van der Waals surface area contributed by atoms with Gasteiger partial charge in [0.15, 0.2) is 0 Å². The quantitative estimate of drug-likeness (QED) is 0.562. The Bertz CT molecular complexity index is 882. The van der Waals surface area contributed by atoms with Crippen LogP contribution in [0.25, 0.3) is 0 Å². The van der Waals surface area contributed by atoms with E-state index in [4.69, 9.17) is 0 Å². The summed E-state index contributed by atoms with van der Waals surface area (Å²) in [6.07, 6.45) is 0. The van der Waals surface area contributed by atoms with Gasteiger partial charge in [-0.25, -0.2) is 8.42 Å². The van der Waals surface area contributed by atoms with Crippen molar-refractivity contribution in [3.63, 3.8) is 0 Å². The molecule has 0 aliphatic rings. The lowest BCUT2D eigenvalue weighted by molar-refractivity contribution is -0.384. The number of halogens is 1. The number of nitro groups is 1. The molecule has 0 radical (unpaired) electrons. The van der Waals surface area contributed by atoms with Gasteiger partial charge in [-0.15, -0.1) is 0 Å². The zero-order chi connectivity index (χ0) is 18.6. The Balaban J connectivity index is 2.04. The Kier molecular flexibility index (Phi) is 5.88. The van der Waals surface area contributed by atoms with Gasteiger partial charge in [-0.1, -0.05) is 15.9 Å². The largest absolute Gasteiger partial charge is 0.325 e. The highest BCUT2D eigenvalue weighted by Crippen LogP contribution is 2.18. The molecular formula is C15H14BrN3O5S. The number of nitro benzene ring substituents is 1. The van der Waals surface area contributed by atoms with Gasteiger partial charge in [-0.05, 0) is 36.4 Å². The number of likely N-dealkylation sites (N-methyl/N-ethyl adjacent to an activating group) is 1. The second-order valence-corrected chi connectivity index (χ2v) is 8.03. The highest BCUT2D eigenvalue weighted by molar-refractivity contribution is 9.10. The molecule has 0 fully saturated rings. The van der Waals surface area contributed by atoms with E-state index in [2.05, 4.69) is 21.2 Å². The van der Waals surface area contributed by atoms with E-state index in [1.54, 1.807) is 12.1 Å². The molecular weight excluding hydrogens is 414 g/mol. The summed E-state index contributed by atoms with van der Waals surface area (Å²) in [5.41, 5.74) is 0.234. The Morgan fingerprint density at radius 1 is 1.16 bits per heavy atom. The number of sulfonamides is 1. The molecule has 0 unspecified atom stereocenters. The standard InChI is InChI=1S/C15H14BrN3O5S/c1-18(25(23,24)14-8-2-11(16)3-9-14)10-15(20)17-12-4-6-13(7-5-12)19(21)22/h2-9H,10H2,1H3,(H,17,20). The third-order valence-electron chi connectivity index (χ3n) is 3.25. The molecule has 25 heavy (non-hydrogen) atoms. The fraction of sp³-hybridized carbons (Fsp3) is 0.133. The van der Waals surface area contributed by atoms with Crippen molar-refractivity contribution in [3.05, 3.63) is 63.1 Å². The first-order chi connectivity index (χ1) is 11.7. The van der Waals surface area contributed by atoms with E-state index in [0.29, 0.717) is 5.69 Å². The summed E-state index contributed by atoms with van der Waals surface area (Å²) in [6, 6.07) is 11.3. The molecule has 0 aliphatic carbocycles. The van der Waals surface area contributed by atoms with Crippen molar-refractivity contribution < 1.29 is 18.1 Å². The minimum atomic E-state index is -3.80. The average molecular weight is 428 g/mol. The second kappa shape index (κ2) is 7.72. The highest BCUT2D eigenvalue weighted by Gasteiger charge is 2.23. The van der Waals surface area contributed by atoms with Gasteiger partial charge in [0.05, 0.1) is 16.4 Å². The van der Waals surface area contributed by atoms with Gasteiger partial charge in [0.25, 0.3) is 5.69 Å². The number of rotatable bonds is 6. The lowest BCUT2D eigenvalue weighted by Crippen LogP contribution is -2.34. The number of anilines is 1. The number of amides is 1. The summed E-state index contributed by atoms with van der Waals surface area (Å²) in [5, 5.41) is 13.1. The molecule has 132 valence electrons. The van der Waals surface area contributed by atoms with Gasteiger partial charge < -0.3 is 5.32 Å². The van der Waals surface area contributed by atoms with Crippen LogP contribution in [-0.4, -0.2) is 37.1 Å². The first-order valence-corrected chi connectivity index (χ1v) is 9.19. The molecule has 0 heterocycles. The number of hydrogen-bond donors (Lipinski definition) is 1. The zero-order valence-corrected chi connectivity index (χ0v) is 15.5. The van der Waals surface area contributed by atoms with Crippen molar-refractivity contribution in [2.45, 2.75) is 4.90 Å². The minimum absolute atomic E-state index is 0.0707. The van der Waals surface area contributed by atoms with Crippen molar-refractivity contribution in [2.24, 2.45) is 0 Å². The van der Waals surface area contributed by atoms with Crippen LogP contribution in [0.4, 0.5) is 11.4 Å². The lowest BCUT2D eigenvalue weighted by atomic mass is 10.3. The molecule has 0 spiro atoms. The van der Waals surface area contributed by atoms with E-state index in [9.17, 15) is 23.3 Å². The maximum Gasteiger partial charge on any atom is 0.269 e. The molecule has 0 saturated heterocycles. The maximum absolute atomic E-state index is 12.4. The van der Waals surface area contributed by atoms with Gasteiger partial charge >= 0.3 is 0 Å². The van der Waals surface area contributed by atoms with Crippen LogP contribution in [0.5, 0.6) is 0 Å².